The summed E-state index contributed by atoms with van der Waals surface area (Å²) in [6, 6.07) is 5.37. The molecule has 112 valence electrons. The molecule has 0 atom stereocenters. The summed E-state index contributed by atoms with van der Waals surface area (Å²) in [6.45, 7) is 3.79. The first kappa shape index (κ1) is 15.7. The molecule has 0 fully saturated rings. The van der Waals surface area contributed by atoms with Crippen molar-refractivity contribution in [3.05, 3.63) is 40.4 Å². The fourth-order valence-electron chi connectivity index (χ4n) is 1.71. The Kier molecular flexibility index (Phi) is 5.14. The number of hydrogen-bond acceptors (Lipinski definition) is 5. The number of halogens is 1. The number of aliphatic hydroxyl groups excluding tert-OH is 1. The van der Waals surface area contributed by atoms with Gasteiger partial charge in [0, 0.05) is 5.92 Å². The quantitative estimate of drug-likeness (QED) is 0.889. The van der Waals surface area contributed by atoms with E-state index in [2.05, 4.69) is 25.9 Å². The van der Waals surface area contributed by atoms with Crippen LogP contribution in [0.15, 0.2) is 28.9 Å². The molecule has 1 N–H and O–H groups in total. The normalized spacial score (nSPS) is 10.8. The molecule has 0 aliphatic rings. The van der Waals surface area contributed by atoms with Crippen molar-refractivity contribution in [3.8, 4) is 17.2 Å². The summed E-state index contributed by atoms with van der Waals surface area (Å²) in [5.41, 5.74) is 0.469. The zero-order valence-corrected chi connectivity index (χ0v) is 13.7. The van der Waals surface area contributed by atoms with Gasteiger partial charge < -0.3 is 14.6 Å². The molecule has 0 aliphatic heterocycles. The molecule has 0 saturated carbocycles. The van der Waals surface area contributed by atoms with Crippen LogP contribution < -0.4 is 9.47 Å². The maximum atomic E-state index is 9.45. The van der Waals surface area contributed by atoms with Gasteiger partial charge in [0.2, 0.25) is 0 Å². The molecular weight excluding hydrogens is 336 g/mol. The molecule has 0 spiro atoms. The monoisotopic (exact) mass is 352 g/mol. The first-order valence-corrected chi connectivity index (χ1v) is 7.32. The number of rotatable bonds is 5. The van der Waals surface area contributed by atoms with Crippen molar-refractivity contribution >= 4 is 15.9 Å². The minimum atomic E-state index is -0.203. The number of hydrogen-bond donors (Lipinski definition) is 1. The Morgan fingerprint density at radius 1 is 1.29 bits per heavy atom. The third-order valence-corrected chi connectivity index (χ3v) is 3.49. The maximum absolute atomic E-state index is 9.45. The second-order valence-electron chi connectivity index (χ2n) is 4.75. The number of benzene rings is 1. The predicted octanol–water partition coefficient (Wildman–Crippen LogP) is 3.66. The van der Waals surface area contributed by atoms with Gasteiger partial charge in [-0.1, -0.05) is 13.8 Å². The van der Waals surface area contributed by atoms with Gasteiger partial charge in [-0.05, 0) is 34.1 Å². The Labute approximate surface area is 132 Å². The van der Waals surface area contributed by atoms with Crippen LogP contribution in [-0.2, 0) is 6.61 Å². The van der Waals surface area contributed by atoms with Gasteiger partial charge in [0.05, 0.1) is 24.4 Å². The average molecular weight is 353 g/mol. The molecule has 1 aromatic heterocycles. The van der Waals surface area contributed by atoms with Crippen molar-refractivity contribution in [1.82, 2.24) is 9.97 Å². The van der Waals surface area contributed by atoms with E-state index >= 15 is 0 Å². The summed E-state index contributed by atoms with van der Waals surface area (Å²) in [7, 11) is 1.60. The second kappa shape index (κ2) is 6.87. The summed E-state index contributed by atoms with van der Waals surface area (Å²) in [5.74, 6) is 2.64. The predicted molar refractivity (Wildman–Crippen MR) is 82.8 cm³/mol. The lowest BCUT2D eigenvalue weighted by Crippen LogP contribution is -2.03. The van der Waals surface area contributed by atoms with Crippen LogP contribution in [0.3, 0.4) is 0 Å². The lowest BCUT2D eigenvalue weighted by Gasteiger charge is -2.13. The Hall–Kier alpha value is -1.66. The molecule has 1 heterocycles. The summed E-state index contributed by atoms with van der Waals surface area (Å²) in [4.78, 5) is 8.58. The molecule has 5 nitrogen and oxygen atoms in total. The Bertz CT molecular complexity index is 632. The van der Waals surface area contributed by atoms with Crippen LogP contribution in [0, 0.1) is 0 Å². The third kappa shape index (κ3) is 3.71. The van der Waals surface area contributed by atoms with Gasteiger partial charge in [-0.15, -0.1) is 0 Å². The van der Waals surface area contributed by atoms with Gasteiger partial charge in [-0.3, -0.25) is 0 Å². The van der Waals surface area contributed by atoms with Gasteiger partial charge >= 0.3 is 0 Å². The maximum Gasteiger partial charge on any atom is 0.169 e. The van der Waals surface area contributed by atoms with E-state index in [4.69, 9.17) is 9.47 Å². The number of aromatic nitrogens is 2. The number of ether oxygens (including phenoxy) is 2. The molecule has 0 bridgehead atoms. The molecule has 2 rings (SSSR count). The van der Waals surface area contributed by atoms with Crippen LogP contribution in [0.1, 0.15) is 31.3 Å². The Balaban J connectivity index is 2.31. The molecule has 0 amide bonds. The highest BCUT2D eigenvalue weighted by Gasteiger charge is 2.12. The van der Waals surface area contributed by atoms with Crippen LogP contribution in [0.4, 0.5) is 0 Å². The molecule has 0 saturated heterocycles. The topological polar surface area (TPSA) is 64.5 Å². The standard InChI is InChI=1S/C15H17BrN2O3/c1-9(2)15-17-7-14(12(8-19)18-15)21-13-5-4-10(20-3)6-11(13)16/h4-7,9,19H,8H2,1-3H3. The second-order valence-corrected chi connectivity index (χ2v) is 5.60. The van der Waals surface area contributed by atoms with Crippen LogP contribution in [0.25, 0.3) is 0 Å². The smallest absolute Gasteiger partial charge is 0.169 e. The average Bonchev–Trinajstić information content (AvgIpc) is 2.49. The van der Waals surface area contributed by atoms with E-state index in [1.54, 1.807) is 31.5 Å². The molecule has 21 heavy (non-hydrogen) atoms. The van der Waals surface area contributed by atoms with Crippen LogP contribution in [0.2, 0.25) is 0 Å². The first-order valence-electron chi connectivity index (χ1n) is 6.53. The number of aliphatic hydroxyl groups is 1. The summed E-state index contributed by atoms with van der Waals surface area (Å²) < 4.78 is 11.7. The van der Waals surface area contributed by atoms with Gasteiger partial charge in [0.25, 0.3) is 0 Å². The molecule has 0 aliphatic carbocycles. The Morgan fingerprint density at radius 3 is 2.62 bits per heavy atom. The third-order valence-electron chi connectivity index (χ3n) is 2.87. The van der Waals surface area contributed by atoms with Crippen molar-refractivity contribution in [2.24, 2.45) is 0 Å². The fraction of sp³-hybridized carbons (Fsp3) is 0.333. The van der Waals surface area contributed by atoms with Crippen molar-refractivity contribution in [1.29, 1.82) is 0 Å². The van der Waals surface area contributed by atoms with E-state index in [0.717, 1.165) is 10.2 Å². The summed E-state index contributed by atoms with van der Waals surface area (Å²) in [5, 5.41) is 9.45. The van der Waals surface area contributed by atoms with Crippen LogP contribution in [0.5, 0.6) is 17.2 Å². The van der Waals surface area contributed by atoms with Crippen LogP contribution in [-0.4, -0.2) is 22.2 Å². The highest BCUT2D eigenvalue weighted by molar-refractivity contribution is 9.10. The minimum Gasteiger partial charge on any atom is -0.497 e. The SMILES string of the molecule is COc1ccc(Oc2cnc(C(C)C)nc2CO)c(Br)c1. The van der Waals surface area contributed by atoms with Gasteiger partial charge in [0.15, 0.2) is 5.75 Å². The van der Waals surface area contributed by atoms with E-state index < -0.39 is 0 Å². The lowest BCUT2D eigenvalue weighted by atomic mass is 10.2. The summed E-state index contributed by atoms with van der Waals surface area (Å²) >= 11 is 3.42. The van der Waals surface area contributed by atoms with Gasteiger partial charge in [0.1, 0.15) is 23.0 Å². The van der Waals surface area contributed by atoms with Crippen molar-refractivity contribution in [3.63, 3.8) is 0 Å². The van der Waals surface area contributed by atoms with Gasteiger partial charge in [-0.25, -0.2) is 9.97 Å². The highest BCUT2D eigenvalue weighted by Crippen LogP contribution is 2.33. The molecule has 0 unspecified atom stereocenters. The van der Waals surface area contributed by atoms with E-state index in [-0.39, 0.29) is 12.5 Å². The first-order chi connectivity index (χ1) is 10.0. The Morgan fingerprint density at radius 2 is 2.05 bits per heavy atom. The van der Waals surface area contributed by atoms with Gasteiger partial charge in [-0.2, -0.15) is 0 Å². The van der Waals surface area contributed by atoms with Crippen molar-refractivity contribution in [2.75, 3.05) is 7.11 Å². The van der Waals surface area contributed by atoms with E-state index in [0.29, 0.717) is 23.0 Å². The van der Waals surface area contributed by atoms with E-state index in [1.807, 2.05) is 13.8 Å². The molecular formula is C15H17BrN2O3. The minimum absolute atomic E-state index is 0.192. The largest absolute Gasteiger partial charge is 0.497 e. The molecule has 1 aromatic carbocycles. The van der Waals surface area contributed by atoms with E-state index in [1.165, 1.54) is 0 Å². The zero-order valence-electron chi connectivity index (χ0n) is 12.1. The van der Waals surface area contributed by atoms with Crippen LogP contribution >= 0.6 is 15.9 Å². The zero-order chi connectivity index (χ0) is 15.4. The number of methoxy groups -OCH3 is 1. The van der Waals surface area contributed by atoms with E-state index in [9.17, 15) is 5.11 Å². The number of nitrogens with zero attached hydrogens (tertiary/aromatic N) is 2. The molecule has 2 aromatic rings. The molecule has 0 radical (unpaired) electrons. The highest BCUT2D eigenvalue weighted by atomic mass is 79.9. The molecule has 6 heteroatoms. The van der Waals surface area contributed by atoms with Crippen molar-refractivity contribution < 1.29 is 14.6 Å². The fourth-order valence-corrected chi connectivity index (χ4v) is 2.15. The summed E-state index contributed by atoms with van der Waals surface area (Å²) in [6.07, 6.45) is 1.59. The van der Waals surface area contributed by atoms with Crippen molar-refractivity contribution in [2.45, 2.75) is 26.4 Å². The lowest BCUT2D eigenvalue weighted by molar-refractivity contribution is 0.269.